The second-order valence-electron chi connectivity index (χ2n) is 14.8. The zero-order valence-corrected chi connectivity index (χ0v) is 28.5. The Bertz CT molecular complexity index is 1700. The van der Waals surface area contributed by atoms with E-state index in [1.165, 1.54) is 4.90 Å². The van der Waals surface area contributed by atoms with Gasteiger partial charge in [0, 0.05) is 29.9 Å². The molecule has 14 heteroatoms. The van der Waals surface area contributed by atoms with Crippen molar-refractivity contribution in [3.8, 4) is 0 Å². The number of hydrogen-bond acceptors (Lipinski definition) is 7. The monoisotopic (exact) mass is 685 g/mol. The average molecular weight is 686 g/mol. The molecule has 1 unspecified atom stereocenters. The Balaban J connectivity index is 1.26. The van der Waals surface area contributed by atoms with Gasteiger partial charge in [-0.2, -0.15) is 8.42 Å². The smallest absolute Gasteiger partial charge is 0.294 e. The Morgan fingerprint density at radius 1 is 1.08 bits per heavy atom. The first-order valence-electron chi connectivity index (χ1n) is 17.1. The number of H-pyrrole nitrogens is 1. The van der Waals surface area contributed by atoms with Crippen molar-refractivity contribution >= 4 is 44.6 Å². The molecule has 2 aliphatic carbocycles. The van der Waals surface area contributed by atoms with Gasteiger partial charge in [0.1, 0.15) is 17.8 Å². The molecule has 0 spiro atoms. The molecule has 6 rings (SSSR count). The number of carbonyl (C=O) groups excluding carboxylic acids is 4. The molecule has 2 aromatic rings. The topological polar surface area (TPSA) is 198 Å². The van der Waals surface area contributed by atoms with Crippen LogP contribution < -0.4 is 16.0 Å². The van der Waals surface area contributed by atoms with E-state index < -0.39 is 51.4 Å². The Kier molecular flexibility index (Phi) is 9.37. The van der Waals surface area contributed by atoms with Gasteiger partial charge in [-0.05, 0) is 79.9 Å². The molecule has 1 aromatic heterocycles. The maximum absolute atomic E-state index is 14.6. The summed E-state index contributed by atoms with van der Waals surface area (Å²) in [6, 6.07) is 4.16. The number of likely N-dealkylation sites (tertiary alicyclic amines) is 1. The number of rotatable bonds is 10. The second kappa shape index (κ2) is 13.1. The van der Waals surface area contributed by atoms with Crippen LogP contribution in [0.5, 0.6) is 0 Å². The molecule has 2 saturated heterocycles. The van der Waals surface area contributed by atoms with Crippen LogP contribution in [-0.4, -0.2) is 88.2 Å². The summed E-state index contributed by atoms with van der Waals surface area (Å²) in [5.41, 5.74) is -0.477. The van der Waals surface area contributed by atoms with Gasteiger partial charge in [-0.15, -0.1) is 0 Å². The third-order valence-corrected chi connectivity index (χ3v) is 12.4. The van der Waals surface area contributed by atoms with Gasteiger partial charge >= 0.3 is 0 Å². The predicted molar refractivity (Wildman–Crippen MR) is 177 cm³/mol. The van der Waals surface area contributed by atoms with E-state index in [-0.39, 0.29) is 47.9 Å². The van der Waals surface area contributed by atoms with Crippen LogP contribution in [0.4, 0.5) is 0 Å². The number of piperidine rings is 2. The Hall–Kier alpha value is -3.49. The van der Waals surface area contributed by atoms with Crippen LogP contribution in [0.15, 0.2) is 24.3 Å². The molecule has 48 heavy (non-hydrogen) atoms. The molecule has 1 aromatic carbocycles. The summed E-state index contributed by atoms with van der Waals surface area (Å²) in [4.78, 5) is 59.6. The van der Waals surface area contributed by atoms with Crippen molar-refractivity contribution in [2.75, 3.05) is 13.1 Å². The molecule has 3 heterocycles. The van der Waals surface area contributed by atoms with Gasteiger partial charge in [0.25, 0.3) is 16.0 Å². The van der Waals surface area contributed by atoms with Crippen molar-refractivity contribution in [3.63, 3.8) is 0 Å². The maximum atomic E-state index is 14.6. The summed E-state index contributed by atoms with van der Waals surface area (Å²) in [6.45, 7) is 6.75. The van der Waals surface area contributed by atoms with Crippen LogP contribution in [0.1, 0.15) is 81.3 Å². The highest BCUT2D eigenvalue weighted by Crippen LogP contribution is 2.65. The number of aromatic amines is 1. The number of aryl methyl sites for hydroxylation is 1. The van der Waals surface area contributed by atoms with Crippen LogP contribution in [0.2, 0.25) is 0 Å². The van der Waals surface area contributed by atoms with E-state index in [4.69, 9.17) is 0 Å². The van der Waals surface area contributed by atoms with Crippen molar-refractivity contribution in [3.05, 3.63) is 35.5 Å². The van der Waals surface area contributed by atoms with Gasteiger partial charge < -0.3 is 30.9 Å². The van der Waals surface area contributed by atoms with Crippen LogP contribution in [-0.2, 0) is 24.5 Å². The molecule has 7 atom stereocenters. The number of fused-ring (bicyclic) bond motifs is 2. The molecule has 262 valence electrons. The van der Waals surface area contributed by atoms with E-state index in [1.807, 2.05) is 39.0 Å². The fourth-order valence-electron chi connectivity index (χ4n) is 8.58. The third-order valence-electron chi connectivity index (χ3n) is 11.5. The molecule has 0 bridgehead atoms. The summed E-state index contributed by atoms with van der Waals surface area (Å²) < 4.78 is 33.8. The number of aromatic nitrogens is 1. The van der Waals surface area contributed by atoms with E-state index in [0.717, 1.165) is 48.6 Å². The fourth-order valence-corrected chi connectivity index (χ4v) is 9.17. The van der Waals surface area contributed by atoms with Crippen molar-refractivity contribution in [1.82, 2.24) is 25.8 Å². The third kappa shape index (κ3) is 6.58. The molecular weight excluding hydrogens is 638 g/mol. The predicted octanol–water partition coefficient (Wildman–Crippen LogP) is 2.25. The lowest BCUT2D eigenvalue weighted by molar-refractivity contribution is -0.143. The Morgan fingerprint density at radius 2 is 1.81 bits per heavy atom. The quantitative estimate of drug-likeness (QED) is 0.205. The number of aliphatic hydroxyl groups excluding tert-OH is 1. The molecular formula is C34H47N5O8S. The largest absolute Gasteiger partial charge is 0.374 e. The number of carbonyl (C=O) groups is 4. The summed E-state index contributed by atoms with van der Waals surface area (Å²) in [6.07, 6.45) is 5.24. The highest BCUT2D eigenvalue weighted by Gasteiger charge is 2.69. The molecule has 4 fully saturated rings. The summed E-state index contributed by atoms with van der Waals surface area (Å²) >= 11 is 0. The number of aliphatic hydroxyl groups is 1. The number of nitrogens with zero attached hydrogens (tertiary/aromatic N) is 1. The van der Waals surface area contributed by atoms with Crippen molar-refractivity contribution in [2.45, 2.75) is 95.7 Å². The first kappa shape index (κ1) is 34.4. The van der Waals surface area contributed by atoms with Crippen molar-refractivity contribution in [2.24, 2.45) is 29.1 Å². The van der Waals surface area contributed by atoms with Crippen molar-refractivity contribution < 1.29 is 37.3 Å². The lowest BCUT2D eigenvalue weighted by Crippen LogP contribution is -2.60. The fraction of sp³-hybridized carbons (Fsp3) is 0.647. The van der Waals surface area contributed by atoms with E-state index in [0.29, 0.717) is 25.1 Å². The molecule has 2 saturated carbocycles. The first-order valence-corrected chi connectivity index (χ1v) is 18.6. The van der Waals surface area contributed by atoms with E-state index >= 15 is 0 Å². The highest BCUT2D eigenvalue weighted by atomic mass is 32.2. The SMILES string of the molecule is Cc1cccc2[nH]c(C(=O)N[C@H](C(=O)N3C[C@H]4[C@@H]([C@H]3C(=O)N[C@@H](C[C@@H]3CCCNC3=O)C(O)S(=O)(=O)O)C4(C)C)C3CCCCC3)cc12. The van der Waals surface area contributed by atoms with Gasteiger partial charge in [0.05, 0.1) is 6.04 Å². The minimum absolute atomic E-state index is 0.00524. The number of amides is 4. The van der Waals surface area contributed by atoms with Crippen LogP contribution >= 0.6 is 0 Å². The molecule has 6 N–H and O–H groups in total. The van der Waals surface area contributed by atoms with Gasteiger partial charge in [-0.1, -0.05) is 45.2 Å². The van der Waals surface area contributed by atoms with E-state index in [1.54, 1.807) is 6.07 Å². The normalized spacial score (nSPS) is 27.4. The summed E-state index contributed by atoms with van der Waals surface area (Å²) in [7, 11) is -5.00. The first-order chi connectivity index (χ1) is 22.7. The van der Waals surface area contributed by atoms with Gasteiger partial charge in [-0.3, -0.25) is 23.7 Å². The van der Waals surface area contributed by atoms with Crippen LogP contribution in [0.3, 0.4) is 0 Å². The standard InChI is InChI=1S/C34H47N5O8S/c1-18-9-7-13-23-21(18)16-24(36-23)30(41)38-27(19-10-5-4-6-11-19)32(43)39-17-22-26(34(22,2)3)28(39)31(42)37-25(33(44)48(45,46)47)15-20-12-8-14-35-29(20)40/h7,9,13,16,19-20,22,25-28,33,36,44H,4-6,8,10-12,14-15,17H2,1-3H3,(H,35,40)(H,37,42)(H,38,41)(H,45,46,47)/t20-,22-,25-,26-,27-,28-,33?/m0/s1. The molecule has 2 aliphatic heterocycles. The lowest BCUT2D eigenvalue weighted by atomic mass is 9.83. The Morgan fingerprint density at radius 3 is 2.48 bits per heavy atom. The zero-order chi connectivity index (χ0) is 34.5. The minimum atomic E-state index is -5.00. The second-order valence-corrected chi connectivity index (χ2v) is 16.4. The van der Waals surface area contributed by atoms with Crippen LogP contribution in [0, 0.1) is 36.0 Å². The number of benzene rings is 1. The number of nitrogens with one attached hydrogen (secondary N) is 4. The maximum Gasteiger partial charge on any atom is 0.294 e. The molecule has 4 amide bonds. The molecule has 0 radical (unpaired) electrons. The summed E-state index contributed by atoms with van der Waals surface area (Å²) in [5, 5.41) is 19.9. The van der Waals surface area contributed by atoms with Gasteiger partial charge in [0.15, 0.2) is 0 Å². The molecule has 4 aliphatic rings. The van der Waals surface area contributed by atoms with Crippen molar-refractivity contribution in [1.29, 1.82) is 0 Å². The average Bonchev–Trinajstić information content (AvgIpc) is 3.42. The zero-order valence-electron chi connectivity index (χ0n) is 27.7. The molecule has 13 nitrogen and oxygen atoms in total. The van der Waals surface area contributed by atoms with Gasteiger partial charge in [0.2, 0.25) is 23.2 Å². The van der Waals surface area contributed by atoms with Crippen LogP contribution in [0.25, 0.3) is 10.9 Å². The Labute approximate surface area is 280 Å². The number of hydrogen-bond donors (Lipinski definition) is 6. The van der Waals surface area contributed by atoms with Gasteiger partial charge in [-0.25, -0.2) is 0 Å². The highest BCUT2D eigenvalue weighted by molar-refractivity contribution is 7.86. The van der Waals surface area contributed by atoms with E-state index in [2.05, 4.69) is 20.9 Å². The van der Waals surface area contributed by atoms with E-state index in [9.17, 15) is 37.3 Å². The summed E-state index contributed by atoms with van der Waals surface area (Å²) in [5.74, 6) is -2.80. The minimum Gasteiger partial charge on any atom is -0.374 e. The lowest BCUT2D eigenvalue weighted by Gasteiger charge is -2.37.